The van der Waals surface area contributed by atoms with E-state index in [1.807, 2.05) is 6.07 Å². The van der Waals surface area contributed by atoms with Crippen molar-refractivity contribution in [1.29, 1.82) is 5.26 Å². The summed E-state index contributed by atoms with van der Waals surface area (Å²) >= 11 is 0. The molecular weight excluding hydrogens is 242 g/mol. The summed E-state index contributed by atoms with van der Waals surface area (Å²) in [4.78, 5) is 11.8. The van der Waals surface area contributed by atoms with Crippen molar-refractivity contribution >= 4 is 11.9 Å². The van der Waals surface area contributed by atoms with Gasteiger partial charge in [0.25, 0.3) is 0 Å². The van der Waals surface area contributed by atoms with Crippen molar-refractivity contribution in [2.75, 3.05) is 14.2 Å². The first kappa shape index (κ1) is 14.8. The first-order valence-corrected chi connectivity index (χ1v) is 5.91. The smallest absolute Gasteiger partial charge is 0.175 e. The van der Waals surface area contributed by atoms with E-state index < -0.39 is 0 Å². The van der Waals surface area contributed by atoms with Crippen LogP contribution in [0, 0.1) is 17.2 Å². The van der Waals surface area contributed by atoms with Crippen LogP contribution in [-0.2, 0) is 4.79 Å². The molecule has 0 N–H and O–H groups in total. The fraction of sp³-hybridized carbons (Fsp3) is 0.333. The average molecular weight is 259 g/mol. The zero-order valence-corrected chi connectivity index (χ0v) is 11.6. The zero-order valence-electron chi connectivity index (χ0n) is 11.6. The Morgan fingerprint density at radius 2 is 2.00 bits per heavy atom. The molecule has 1 rings (SSSR count). The number of ketones is 1. The number of Topliss-reactive ketones (excluding diaryl/α,β-unsaturated/α-hetero) is 1. The number of hydrogen-bond acceptors (Lipinski definition) is 4. The van der Waals surface area contributed by atoms with E-state index in [0.29, 0.717) is 17.1 Å². The Kier molecular flexibility index (Phi) is 5.13. The lowest BCUT2D eigenvalue weighted by Gasteiger charge is -2.08. The summed E-state index contributed by atoms with van der Waals surface area (Å²) in [7, 11) is 3.09. The van der Waals surface area contributed by atoms with Crippen molar-refractivity contribution in [2.24, 2.45) is 5.92 Å². The highest BCUT2D eigenvalue weighted by Gasteiger charge is 2.14. The lowest BCUT2D eigenvalue weighted by Crippen LogP contribution is -2.09. The van der Waals surface area contributed by atoms with Crippen LogP contribution in [0.5, 0.6) is 11.5 Å². The van der Waals surface area contributed by atoms with E-state index >= 15 is 0 Å². The van der Waals surface area contributed by atoms with Crippen LogP contribution >= 0.6 is 0 Å². The van der Waals surface area contributed by atoms with Crippen LogP contribution in [0.1, 0.15) is 19.4 Å². The molecule has 0 fully saturated rings. The largest absolute Gasteiger partial charge is 0.497 e. The minimum Gasteiger partial charge on any atom is -0.497 e. The van der Waals surface area contributed by atoms with Gasteiger partial charge in [-0.1, -0.05) is 13.8 Å². The van der Waals surface area contributed by atoms with Crippen LogP contribution in [-0.4, -0.2) is 20.0 Å². The van der Waals surface area contributed by atoms with Crippen molar-refractivity contribution in [3.63, 3.8) is 0 Å². The standard InChI is InChI=1S/C15H17NO3/c1-10(2)15(17)12(9-16)7-11-5-6-13(18-3)8-14(11)19-4/h5-8,10H,1-4H3/b12-7-. The van der Waals surface area contributed by atoms with Gasteiger partial charge in [0.15, 0.2) is 5.78 Å². The van der Waals surface area contributed by atoms with E-state index in [4.69, 9.17) is 14.7 Å². The minimum atomic E-state index is -0.213. The third-order valence-corrected chi connectivity index (χ3v) is 2.65. The van der Waals surface area contributed by atoms with E-state index in [2.05, 4.69) is 0 Å². The second-order valence-corrected chi connectivity index (χ2v) is 4.30. The number of nitriles is 1. The Morgan fingerprint density at radius 3 is 2.47 bits per heavy atom. The van der Waals surface area contributed by atoms with Crippen LogP contribution in [0.3, 0.4) is 0 Å². The van der Waals surface area contributed by atoms with Gasteiger partial charge in [0, 0.05) is 17.5 Å². The number of hydrogen-bond donors (Lipinski definition) is 0. The highest BCUT2D eigenvalue weighted by atomic mass is 16.5. The number of nitrogens with zero attached hydrogens (tertiary/aromatic N) is 1. The van der Waals surface area contributed by atoms with Gasteiger partial charge < -0.3 is 9.47 Å². The maximum absolute atomic E-state index is 11.8. The van der Waals surface area contributed by atoms with Crippen LogP contribution in [0.4, 0.5) is 0 Å². The molecule has 0 aliphatic rings. The lowest BCUT2D eigenvalue weighted by atomic mass is 9.99. The summed E-state index contributed by atoms with van der Waals surface area (Å²) in [5.74, 6) is 0.821. The maximum Gasteiger partial charge on any atom is 0.175 e. The molecule has 0 spiro atoms. The molecule has 0 aromatic heterocycles. The van der Waals surface area contributed by atoms with E-state index in [9.17, 15) is 4.79 Å². The van der Waals surface area contributed by atoms with Gasteiger partial charge in [0.05, 0.1) is 19.8 Å². The van der Waals surface area contributed by atoms with Gasteiger partial charge in [-0.25, -0.2) is 0 Å². The molecule has 0 unspecified atom stereocenters. The molecule has 0 atom stereocenters. The predicted octanol–water partition coefficient (Wildman–Crippen LogP) is 2.84. The Morgan fingerprint density at radius 1 is 1.32 bits per heavy atom. The van der Waals surface area contributed by atoms with Gasteiger partial charge in [-0.3, -0.25) is 4.79 Å². The third kappa shape index (κ3) is 3.59. The highest BCUT2D eigenvalue weighted by molar-refractivity contribution is 6.04. The molecule has 0 aliphatic heterocycles. The Labute approximate surface area is 113 Å². The second-order valence-electron chi connectivity index (χ2n) is 4.30. The molecule has 4 heteroatoms. The van der Waals surface area contributed by atoms with Crippen molar-refractivity contribution in [2.45, 2.75) is 13.8 Å². The summed E-state index contributed by atoms with van der Waals surface area (Å²) in [6.45, 7) is 3.53. The number of carbonyl (C=O) groups is 1. The average Bonchev–Trinajstić information content (AvgIpc) is 2.43. The van der Waals surface area contributed by atoms with E-state index in [-0.39, 0.29) is 17.3 Å². The van der Waals surface area contributed by atoms with Gasteiger partial charge in [-0.15, -0.1) is 0 Å². The Bertz CT molecular complexity index is 539. The summed E-state index contributed by atoms with van der Waals surface area (Å²) in [6, 6.07) is 7.15. The third-order valence-electron chi connectivity index (χ3n) is 2.65. The molecule has 0 aliphatic carbocycles. The molecule has 0 heterocycles. The molecule has 0 radical (unpaired) electrons. The topological polar surface area (TPSA) is 59.3 Å². The van der Waals surface area contributed by atoms with Crippen LogP contribution in [0.25, 0.3) is 6.08 Å². The molecular formula is C15H17NO3. The van der Waals surface area contributed by atoms with E-state index in [1.165, 1.54) is 7.11 Å². The lowest BCUT2D eigenvalue weighted by molar-refractivity contribution is -0.117. The van der Waals surface area contributed by atoms with E-state index in [0.717, 1.165) is 0 Å². The van der Waals surface area contributed by atoms with Gasteiger partial charge in [0.2, 0.25) is 0 Å². The number of carbonyl (C=O) groups excluding carboxylic acids is 1. The molecule has 0 saturated heterocycles. The number of methoxy groups -OCH3 is 2. The van der Waals surface area contributed by atoms with Crippen LogP contribution in [0.15, 0.2) is 23.8 Å². The van der Waals surface area contributed by atoms with Gasteiger partial charge >= 0.3 is 0 Å². The molecule has 0 amide bonds. The number of ether oxygens (including phenoxy) is 2. The van der Waals surface area contributed by atoms with Gasteiger partial charge in [0.1, 0.15) is 17.6 Å². The molecule has 1 aromatic rings. The number of rotatable bonds is 5. The molecule has 0 bridgehead atoms. The second kappa shape index (κ2) is 6.60. The Balaban J connectivity index is 3.23. The first-order chi connectivity index (χ1) is 9.03. The number of allylic oxidation sites excluding steroid dienone is 1. The fourth-order valence-corrected chi connectivity index (χ4v) is 1.56. The first-order valence-electron chi connectivity index (χ1n) is 5.91. The number of benzene rings is 1. The maximum atomic E-state index is 11.8. The molecule has 1 aromatic carbocycles. The zero-order chi connectivity index (χ0) is 14.4. The summed E-state index contributed by atoms with van der Waals surface area (Å²) in [5.41, 5.74) is 0.798. The van der Waals surface area contributed by atoms with Crippen molar-refractivity contribution in [3.8, 4) is 17.6 Å². The molecule has 100 valence electrons. The Hall–Kier alpha value is -2.28. The molecule has 19 heavy (non-hydrogen) atoms. The summed E-state index contributed by atoms with van der Waals surface area (Å²) < 4.78 is 10.3. The van der Waals surface area contributed by atoms with Gasteiger partial charge in [-0.2, -0.15) is 5.26 Å². The van der Waals surface area contributed by atoms with Crippen molar-refractivity contribution < 1.29 is 14.3 Å². The SMILES string of the molecule is COc1ccc(/C=C(/C#N)C(=O)C(C)C)c(OC)c1. The monoisotopic (exact) mass is 259 g/mol. The van der Waals surface area contributed by atoms with Crippen molar-refractivity contribution in [1.82, 2.24) is 0 Å². The normalized spacial score (nSPS) is 11.1. The van der Waals surface area contributed by atoms with Crippen molar-refractivity contribution in [3.05, 3.63) is 29.3 Å². The quantitative estimate of drug-likeness (QED) is 0.602. The fourth-order valence-electron chi connectivity index (χ4n) is 1.56. The predicted molar refractivity (Wildman–Crippen MR) is 73.0 cm³/mol. The van der Waals surface area contributed by atoms with Crippen LogP contribution in [0.2, 0.25) is 0 Å². The molecule has 0 saturated carbocycles. The van der Waals surface area contributed by atoms with Crippen LogP contribution < -0.4 is 9.47 Å². The minimum absolute atomic E-state index is 0.124. The highest BCUT2D eigenvalue weighted by Crippen LogP contribution is 2.26. The van der Waals surface area contributed by atoms with E-state index in [1.54, 1.807) is 45.2 Å². The molecule has 4 nitrogen and oxygen atoms in total. The van der Waals surface area contributed by atoms with Gasteiger partial charge in [-0.05, 0) is 18.2 Å². The summed E-state index contributed by atoms with van der Waals surface area (Å²) in [6.07, 6.45) is 1.54. The summed E-state index contributed by atoms with van der Waals surface area (Å²) in [5, 5.41) is 9.07.